The molecule has 1 aliphatic carbocycles. The molecule has 2 atom stereocenters. The molecule has 2 saturated heterocycles. The van der Waals surface area contributed by atoms with Gasteiger partial charge in [-0.25, -0.2) is 0 Å². The molecule has 0 bridgehead atoms. The Morgan fingerprint density at radius 2 is 2.09 bits per heavy atom. The third-order valence-electron chi connectivity index (χ3n) is 6.36. The summed E-state index contributed by atoms with van der Waals surface area (Å²) in [6, 6.07) is 2.55. The Morgan fingerprint density at radius 3 is 2.83 bits per heavy atom. The van der Waals surface area contributed by atoms with Gasteiger partial charge < -0.3 is 10.2 Å². The first-order chi connectivity index (χ1) is 11.2. The number of rotatable bonds is 2. The van der Waals surface area contributed by atoms with Gasteiger partial charge in [0.15, 0.2) is 0 Å². The van der Waals surface area contributed by atoms with Crippen LogP contribution in [0, 0.1) is 5.41 Å². The summed E-state index contributed by atoms with van der Waals surface area (Å²) in [5.41, 5.74) is 1.10. The molecular weight excluding hydrogens is 288 g/mol. The Balaban J connectivity index is 1.42. The van der Waals surface area contributed by atoms with Crippen LogP contribution in [0.15, 0.2) is 12.3 Å². The van der Waals surface area contributed by atoms with Gasteiger partial charge in [-0.15, -0.1) is 0 Å². The molecule has 2 aliphatic heterocycles. The molecule has 3 aliphatic rings. The van der Waals surface area contributed by atoms with E-state index in [1.807, 2.05) is 17.9 Å². The molecule has 0 unspecified atom stereocenters. The predicted octanol–water partition coefficient (Wildman–Crippen LogP) is 2.05. The molecule has 3 heterocycles. The first-order valence-electron chi connectivity index (χ1n) is 9.21. The zero-order valence-electron chi connectivity index (χ0n) is 14.1. The first kappa shape index (κ1) is 15.2. The van der Waals surface area contributed by atoms with E-state index >= 15 is 0 Å². The second-order valence-electron chi connectivity index (χ2n) is 7.64. The van der Waals surface area contributed by atoms with Crippen molar-refractivity contribution in [3.05, 3.63) is 18.0 Å². The van der Waals surface area contributed by atoms with Crippen molar-refractivity contribution in [2.24, 2.45) is 12.5 Å². The van der Waals surface area contributed by atoms with E-state index in [1.54, 1.807) is 0 Å². The summed E-state index contributed by atoms with van der Waals surface area (Å²) in [7, 11) is 1.97. The van der Waals surface area contributed by atoms with E-state index in [0.29, 0.717) is 17.9 Å². The molecule has 126 valence electrons. The number of likely N-dealkylation sites (tertiary alicyclic amines) is 1. The third-order valence-corrected chi connectivity index (χ3v) is 6.36. The zero-order chi connectivity index (χ0) is 15.9. The van der Waals surface area contributed by atoms with Gasteiger partial charge in [0.2, 0.25) is 5.91 Å². The quantitative estimate of drug-likeness (QED) is 0.908. The highest BCUT2D eigenvalue weighted by atomic mass is 16.2. The molecule has 4 rings (SSSR count). The number of amides is 1. The second kappa shape index (κ2) is 5.93. The number of aryl methyl sites for hydroxylation is 1. The minimum atomic E-state index is -0.0872. The summed E-state index contributed by atoms with van der Waals surface area (Å²) in [6.45, 7) is 2.81. The van der Waals surface area contributed by atoms with Crippen molar-refractivity contribution in [2.75, 3.05) is 19.6 Å². The lowest BCUT2D eigenvalue weighted by atomic mass is 9.69. The molecule has 1 amide bonds. The number of nitrogens with zero attached hydrogens (tertiary/aromatic N) is 3. The Bertz CT molecular complexity index is 575. The molecular formula is C18H28N4O. The number of piperidine rings is 1. The lowest BCUT2D eigenvalue weighted by Crippen LogP contribution is -2.53. The summed E-state index contributed by atoms with van der Waals surface area (Å²) >= 11 is 0. The topological polar surface area (TPSA) is 50.2 Å². The maximum Gasteiger partial charge on any atom is 0.230 e. The number of carbonyl (C=O) groups excluding carboxylic acids is 1. The van der Waals surface area contributed by atoms with E-state index in [9.17, 15) is 4.79 Å². The maximum atomic E-state index is 13.3. The number of hydrogen-bond acceptors (Lipinski definition) is 3. The van der Waals surface area contributed by atoms with Crippen LogP contribution in [0.25, 0.3) is 0 Å². The number of aromatic nitrogens is 2. The molecule has 1 aromatic heterocycles. The van der Waals surface area contributed by atoms with Gasteiger partial charge in [-0.05, 0) is 44.7 Å². The van der Waals surface area contributed by atoms with Crippen LogP contribution in [0.3, 0.4) is 0 Å². The molecule has 23 heavy (non-hydrogen) atoms. The monoisotopic (exact) mass is 316 g/mol. The van der Waals surface area contributed by atoms with E-state index < -0.39 is 0 Å². The van der Waals surface area contributed by atoms with Crippen LogP contribution in [-0.4, -0.2) is 46.3 Å². The van der Waals surface area contributed by atoms with E-state index in [-0.39, 0.29) is 5.41 Å². The van der Waals surface area contributed by atoms with Gasteiger partial charge in [0, 0.05) is 38.3 Å². The van der Waals surface area contributed by atoms with Crippen molar-refractivity contribution in [1.82, 2.24) is 20.0 Å². The number of fused-ring (bicyclic) bond motifs is 1. The van der Waals surface area contributed by atoms with E-state index in [1.165, 1.54) is 25.0 Å². The van der Waals surface area contributed by atoms with Gasteiger partial charge in [-0.3, -0.25) is 9.48 Å². The Labute approximate surface area is 138 Å². The van der Waals surface area contributed by atoms with Gasteiger partial charge in [0.1, 0.15) is 0 Å². The maximum absolute atomic E-state index is 13.3. The Kier molecular flexibility index (Phi) is 3.92. The number of hydrogen-bond donors (Lipinski definition) is 1. The highest BCUT2D eigenvalue weighted by molar-refractivity contribution is 5.84. The predicted molar refractivity (Wildman–Crippen MR) is 89.1 cm³/mol. The van der Waals surface area contributed by atoms with Crippen LogP contribution >= 0.6 is 0 Å². The SMILES string of the molecule is Cn1ccc(C2CCN(C(=O)[C@@]34CCCC[C@@H]3NCC4)CC2)n1. The highest BCUT2D eigenvalue weighted by Crippen LogP contribution is 2.44. The van der Waals surface area contributed by atoms with Crippen molar-refractivity contribution in [1.29, 1.82) is 0 Å². The summed E-state index contributed by atoms with van der Waals surface area (Å²) in [5, 5.41) is 8.15. The van der Waals surface area contributed by atoms with Crippen LogP contribution in [0.5, 0.6) is 0 Å². The van der Waals surface area contributed by atoms with Crippen LogP contribution in [0.4, 0.5) is 0 Å². The average molecular weight is 316 g/mol. The highest BCUT2D eigenvalue weighted by Gasteiger charge is 2.51. The molecule has 0 aromatic carbocycles. The number of carbonyl (C=O) groups is 1. The zero-order valence-corrected chi connectivity index (χ0v) is 14.1. The molecule has 3 fully saturated rings. The van der Waals surface area contributed by atoms with Crippen LogP contribution in [-0.2, 0) is 11.8 Å². The summed E-state index contributed by atoms with van der Waals surface area (Å²) in [6.07, 6.45) is 9.91. The smallest absolute Gasteiger partial charge is 0.230 e. The van der Waals surface area contributed by atoms with Crippen molar-refractivity contribution in [3.63, 3.8) is 0 Å². The summed E-state index contributed by atoms with van der Waals surface area (Å²) in [4.78, 5) is 15.4. The fraction of sp³-hybridized carbons (Fsp3) is 0.778. The van der Waals surface area contributed by atoms with Crippen LogP contribution in [0.1, 0.15) is 56.6 Å². The van der Waals surface area contributed by atoms with Crippen LogP contribution < -0.4 is 5.32 Å². The van der Waals surface area contributed by atoms with Gasteiger partial charge >= 0.3 is 0 Å². The Hall–Kier alpha value is -1.36. The summed E-state index contributed by atoms with van der Waals surface area (Å²) < 4.78 is 1.88. The number of nitrogens with one attached hydrogen (secondary N) is 1. The van der Waals surface area contributed by atoms with Gasteiger partial charge in [0.25, 0.3) is 0 Å². The largest absolute Gasteiger partial charge is 0.342 e. The fourth-order valence-electron chi connectivity index (χ4n) is 5.01. The lowest BCUT2D eigenvalue weighted by Gasteiger charge is -2.43. The van der Waals surface area contributed by atoms with Crippen molar-refractivity contribution >= 4 is 5.91 Å². The minimum Gasteiger partial charge on any atom is -0.342 e. The minimum absolute atomic E-state index is 0.0872. The molecule has 1 N–H and O–H groups in total. The fourth-order valence-corrected chi connectivity index (χ4v) is 5.01. The van der Waals surface area contributed by atoms with Gasteiger partial charge in [-0.2, -0.15) is 5.10 Å². The normalized spacial score (nSPS) is 32.0. The second-order valence-corrected chi connectivity index (χ2v) is 7.64. The van der Waals surface area contributed by atoms with Gasteiger partial charge in [0.05, 0.1) is 11.1 Å². The average Bonchev–Trinajstić information content (AvgIpc) is 3.21. The molecule has 5 nitrogen and oxygen atoms in total. The first-order valence-corrected chi connectivity index (χ1v) is 9.21. The van der Waals surface area contributed by atoms with Crippen molar-refractivity contribution in [2.45, 2.75) is 56.9 Å². The third kappa shape index (κ3) is 2.59. The molecule has 5 heteroatoms. The van der Waals surface area contributed by atoms with E-state index in [4.69, 9.17) is 0 Å². The van der Waals surface area contributed by atoms with Crippen molar-refractivity contribution < 1.29 is 4.79 Å². The standard InChI is InChI=1S/C18H28N4O/c1-21-11-7-15(20-21)14-5-12-22(13-6-14)17(23)18-8-3-2-4-16(18)19-10-9-18/h7,11,14,16,19H,2-6,8-10,12-13H2,1H3/t16-,18+/m0/s1. The Morgan fingerprint density at radius 1 is 1.26 bits per heavy atom. The molecule has 1 saturated carbocycles. The molecule has 0 radical (unpaired) electrons. The molecule has 0 spiro atoms. The van der Waals surface area contributed by atoms with E-state index in [2.05, 4.69) is 21.4 Å². The molecule has 1 aromatic rings. The van der Waals surface area contributed by atoms with Gasteiger partial charge in [-0.1, -0.05) is 12.8 Å². The van der Waals surface area contributed by atoms with Crippen molar-refractivity contribution in [3.8, 4) is 0 Å². The summed E-state index contributed by atoms with van der Waals surface area (Å²) in [5.74, 6) is 0.952. The van der Waals surface area contributed by atoms with E-state index in [0.717, 1.165) is 45.3 Å². The lowest BCUT2D eigenvalue weighted by molar-refractivity contribution is -0.145. The van der Waals surface area contributed by atoms with Crippen LogP contribution in [0.2, 0.25) is 0 Å².